The zero-order chi connectivity index (χ0) is 16.5. The number of methoxy groups -OCH3 is 1. The molecule has 2 aliphatic rings. The first kappa shape index (κ1) is 15.2. The maximum atomic E-state index is 5.95. The van der Waals surface area contributed by atoms with Crippen molar-refractivity contribution >= 4 is 5.82 Å². The van der Waals surface area contributed by atoms with Crippen LogP contribution in [0.3, 0.4) is 0 Å². The minimum absolute atomic E-state index is 0.412. The fraction of sp³-hybridized carbons (Fsp3) is 0.474. The lowest BCUT2D eigenvalue weighted by molar-refractivity contribution is 0.218. The van der Waals surface area contributed by atoms with E-state index in [2.05, 4.69) is 11.4 Å². The molecule has 5 heteroatoms. The number of hydrogen-bond donors (Lipinski definition) is 1. The second-order valence-corrected chi connectivity index (χ2v) is 6.58. The van der Waals surface area contributed by atoms with Crippen molar-refractivity contribution in [2.24, 2.45) is 5.92 Å². The van der Waals surface area contributed by atoms with E-state index >= 15 is 0 Å². The van der Waals surface area contributed by atoms with Crippen molar-refractivity contribution in [1.82, 2.24) is 9.97 Å². The zero-order valence-electron chi connectivity index (χ0n) is 14.3. The number of aromatic nitrogens is 2. The van der Waals surface area contributed by atoms with Gasteiger partial charge in [-0.25, -0.2) is 9.97 Å². The average Bonchev–Trinajstić information content (AvgIpc) is 3.09. The first-order valence-electron chi connectivity index (χ1n) is 8.63. The van der Waals surface area contributed by atoms with Gasteiger partial charge in [0, 0.05) is 36.7 Å². The maximum absolute atomic E-state index is 5.95. The normalized spacial score (nSPS) is 18.5. The largest absolute Gasteiger partial charge is 0.497 e. The number of nitrogens with zero attached hydrogens (tertiary/aromatic N) is 2. The molecule has 2 heterocycles. The smallest absolute Gasteiger partial charge is 0.132 e. The van der Waals surface area contributed by atoms with Crippen LogP contribution in [0.2, 0.25) is 0 Å². The second kappa shape index (κ2) is 6.30. The molecule has 0 unspecified atom stereocenters. The molecule has 0 spiro atoms. The summed E-state index contributed by atoms with van der Waals surface area (Å²) in [4.78, 5) is 9.56. The summed E-state index contributed by atoms with van der Waals surface area (Å²) < 4.78 is 11.2. The zero-order valence-corrected chi connectivity index (χ0v) is 14.3. The van der Waals surface area contributed by atoms with Gasteiger partial charge in [0.1, 0.15) is 23.1 Å². The van der Waals surface area contributed by atoms with Crippen LogP contribution < -0.4 is 14.8 Å². The summed E-state index contributed by atoms with van der Waals surface area (Å²) in [7, 11) is 3.62. The van der Waals surface area contributed by atoms with Crippen LogP contribution in [0, 0.1) is 5.92 Å². The minimum Gasteiger partial charge on any atom is -0.497 e. The average molecular weight is 325 g/mol. The quantitative estimate of drug-likeness (QED) is 0.937. The van der Waals surface area contributed by atoms with Crippen molar-refractivity contribution in [3.8, 4) is 11.5 Å². The van der Waals surface area contributed by atoms with Gasteiger partial charge in [-0.3, -0.25) is 0 Å². The topological polar surface area (TPSA) is 56.3 Å². The highest BCUT2D eigenvalue weighted by Gasteiger charge is 2.24. The van der Waals surface area contributed by atoms with Gasteiger partial charge in [-0.15, -0.1) is 0 Å². The Morgan fingerprint density at radius 2 is 2.21 bits per heavy atom. The summed E-state index contributed by atoms with van der Waals surface area (Å²) in [5, 5.41) is 3.24. The number of nitrogens with one attached hydrogen (secondary N) is 1. The molecule has 4 rings (SSSR count). The molecule has 0 fully saturated rings. The SMILES string of the molecule is CNc1nc(C[C@H]2COc3cc(OC)ccc3C2)nc2c1CCC2. The van der Waals surface area contributed by atoms with Crippen LogP contribution in [0.5, 0.6) is 11.5 Å². The Balaban J connectivity index is 1.52. The molecule has 1 aliphatic carbocycles. The van der Waals surface area contributed by atoms with Crippen molar-refractivity contribution in [3.63, 3.8) is 0 Å². The lowest BCUT2D eigenvalue weighted by Crippen LogP contribution is -2.24. The molecule has 1 atom stereocenters. The lowest BCUT2D eigenvalue weighted by Gasteiger charge is -2.25. The molecule has 5 nitrogen and oxygen atoms in total. The second-order valence-electron chi connectivity index (χ2n) is 6.58. The molecule has 0 saturated heterocycles. The van der Waals surface area contributed by atoms with E-state index in [4.69, 9.17) is 19.4 Å². The van der Waals surface area contributed by atoms with Gasteiger partial charge in [0.05, 0.1) is 13.7 Å². The van der Waals surface area contributed by atoms with Crippen LogP contribution in [0.15, 0.2) is 18.2 Å². The van der Waals surface area contributed by atoms with E-state index in [1.54, 1.807) is 7.11 Å². The van der Waals surface area contributed by atoms with Gasteiger partial charge in [0.25, 0.3) is 0 Å². The summed E-state index contributed by atoms with van der Waals surface area (Å²) in [5.41, 5.74) is 3.77. The van der Waals surface area contributed by atoms with Crippen LogP contribution in [0.4, 0.5) is 5.82 Å². The van der Waals surface area contributed by atoms with Gasteiger partial charge < -0.3 is 14.8 Å². The van der Waals surface area contributed by atoms with E-state index in [0.29, 0.717) is 12.5 Å². The number of benzene rings is 1. The third kappa shape index (κ3) is 2.79. The van der Waals surface area contributed by atoms with Crippen LogP contribution in [0.25, 0.3) is 0 Å². The third-order valence-corrected chi connectivity index (χ3v) is 4.94. The fourth-order valence-electron chi connectivity index (χ4n) is 3.71. The fourth-order valence-corrected chi connectivity index (χ4v) is 3.71. The Hall–Kier alpha value is -2.30. The van der Waals surface area contributed by atoms with Crippen molar-refractivity contribution in [3.05, 3.63) is 40.8 Å². The molecule has 1 aromatic carbocycles. The van der Waals surface area contributed by atoms with E-state index in [0.717, 1.165) is 48.8 Å². The van der Waals surface area contributed by atoms with Crippen LogP contribution in [-0.4, -0.2) is 30.7 Å². The molecule has 2 aromatic rings. The number of ether oxygens (including phenoxy) is 2. The third-order valence-electron chi connectivity index (χ3n) is 4.94. The van der Waals surface area contributed by atoms with E-state index in [1.807, 2.05) is 19.2 Å². The lowest BCUT2D eigenvalue weighted by atomic mass is 9.93. The first-order valence-corrected chi connectivity index (χ1v) is 8.63. The van der Waals surface area contributed by atoms with Crippen LogP contribution >= 0.6 is 0 Å². The molecular formula is C19H23N3O2. The van der Waals surface area contributed by atoms with Gasteiger partial charge in [0.15, 0.2) is 0 Å². The Labute approximate surface area is 142 Å². The van der Waals surface area contributed by atoms with Crippen LogP contribution in [-0.2, 0) is 25.7 Å². The summed E-state index contributed by atoms with van der Waals surface area (Å²) in [5.74, 6) is 4.14. The van der Waals surface area contributed by atoms with E-state index in [9.17, 15) is 0 Å². The highest BCUT2D eigenvalue weighted by molar-refractivity contribution is 5.48. The molecule has 1 N–H and O–H groups in total. The number of anilines is 1. The number of fused-ring (bicyclic) bond motifs is 2. The van der Waals surface area contributed by atoms with Crippen molar-refractivity contribution in [2.75, 3.05) is 26.1 Å². The predicted octanol–water partition coefficient (Wildman–Crippen LogP) is 2.81. The number of hydrogen-bond acceptors (Lipinski definition) is 5. The van der Waals surface area contributed by atoms with Gasteiger partial charge >= 0.3 is 0 Å². The van der Waals surface area contributed by atoms with Gasteiger partial charge in [-0.05, 0) is 37.3 Å². The number of rotatable bonds is 4. The Bertz CT molecular complexity index is 761. The molecule has 0 saturated carbocycles. The molecule has 0 bridgehead atoms. The van der Waals surface area contributed by atoms with E-state index in [1.165, 1.54) is 23.2 Å². The Morgan fingerprint density at radius 1 is 1.29 bits per heavy atom. The molecule has 1 aromatic heterocycles. The van der Waals surface area contributed by atoms with Crippen molar-refractivity contribution in [1.29, 1.82) is 0 Å². The van der Waals surface area contributed by atoms with Crippen LogP contribution in [0.1, 0.15) is 29.1 Å². The summed E-state index contributed by atoms with van der Waals surface area (Å²) in [6.45, 7) is 0.704. The van der Waals surface area contributed by atoms with Crippen molar-refractivity contribution < 1.29 is 9.47 Å². The molecular weight excluding hydrogens is 302 g/mol. The monoisotopic (exact) mass is 325 g/mol. The summed E-state index contributed by atoms with van der Waals surface area (Å²) in [6, 6.07) is 6.06. The Morgan fingerprint density at radius 3 is 3.04 bits per heavy atom. The predicted molar refractivity (Wildman–Crippen MR) is 93.0 cm³/mol. The Kier molecular flexibility index (Phi) is 4.00. The minimum atomic E-state index is 0.412. The molecule has 24 heavy (non-hydrogen) atoms. The summed E-state index contributed by atoms with van der Waals surface area (Å²) in [6.07, 6.45) is 5.20. The molecule has 126 valence electrons. The highest BCUT2D eigenvalue weighted by Crippen LogP contribution is 2.32. The van der Waals surface area contributed by atoms with Gasteiger partial charge in [-0.2, -0.15) is 0 Å². The summed E-state index contributed by atoms with van der Waals surface area (Å²) >= 11 is 0. The molecule has 1 aliphatic heterocycles. The standard InChI is InChI=1S/C19H23N3O2/c1-20-19-15-4-3-5-16(15)21-18(22-19)9-12-8-13-6-7-14(23-2)10-17(13)24-11-12/h6-7,10,12H,3-5,8-9,11H2,1-2H3,(H,20,21,22)/t12-/m0/s1. The van der Waals surface area contributed by atoms with E-state index < -0.39 is 0 Å². The number of aryl methyl sites for hydroxylation is 1. The van der Waals surface area contributed by atoms with E-state index in [-0.39, 0.29) is 0 Å². The first-order chi connectivity index (χ1) is 11.8. The van der Waals surface area contributed by atoms with Crippen molar-refractivity contribution in [2.45, 2.75) is 32.1 Å². The molecule has 0 radical (unpaired) electrons. The van der Waals surface area contributed by atoms with Gasteiger partial charge in [0.2, 0.25) is 0 Å². The van der Waals surface area contributed by atoms with Gasteiger partial charge in [-0.1, -0.05) is 6.07 Å². The highest BCUT2D eigenvalue weighted by atomic mass is 16.5. The molecule has 0 amide bonds. The maximum Gasteiger partial charge on any atom is 0.132 e.